The highest BCUT2D eigenvalue weighted by atomic mass is 19.3. The molecule has 0 saturated heterocycles. The average molecular weight is 276 g/mol. The lowest BCUT2D eigenvalue weighted by Gasteiger charge is -2.08. The summed E-state index contributed by atoms with van der Waals surface area (Å²) < 4.78 is 34.6. The topological polar surface area (TPSA) is 91.6 Å². The highest BCUT2D eigenvalue weighted by Gasteiger charge is 2.28. The van der Waals surface area contributed by atoms with Crippen molar-refractivity contribution in [2.75, 3.05) is 14.2 Å². The van der Waals surface area contributed by atoms with Gasteiger partial charge in [0.15, 0.2) is 5.69 Å². The molecule has 0 aliphatic heterocycles. The highest BCUT2D eigenvalue weighted by Crippen LogP contribution is 2.36. The molecule has 0 N–H and O–H groups in total. The molecule has 9 heteroatoms. The predicted molar refractivity (Wildman–Crippen MR) is 58.1 cm³/mol. The summed E-state index contributed by atoms with van der Waals surface area (Å²) in [6, 6.07) is 0.882. The summed E-state index contributed by atoms with van der Waals surface area (Å²) in [5.74, 6) is -2.22. The van der Waals surface area contributed by atoms with E-state index in [1.54, 1.807) is 0 Å². The van der Waals surface area contributed by atoms with E-state index in [0.29, 0.717) is 0 Å². The van der Waals surface area contributed by atoms with Crippen LogP contribution in [0.1, 0.15) is 17.7 Å². The van der Waals surface area contributed by atoms with Crippen molar-refractivity contribution in [1.82, 2.24) is 4.98 Å². The third-order valence-electron chi connectivity index (χ3n) is 2.20. The minimum Gasteiger partial charge on any atom is -0.489 e. The largest absolute Gasteiger partial charge is 0.489 e. The van der Waals surface area contributed by atoms with Crippen molar-refractivity contribution in [2.24, 2.45) is 0 Å². The molecule has 0 atom stereocenters. The maximum atomic E-state index is 12.8. The van der Waals surface area contributed by atoms with Gasteiger partial charge in [0.25, 0.3) is 6.43 Å². The van der Waals surface area contributed by atoms with Crippen molar-refractivity contribution < 1.29 is 28.0 Å². The summed E-state index contributed by atoms with van der Waals surface area (Å²) in [6.07, 6.45) is -3.44. The SMILES string of the molecule is COC(=O)Cc1cc(C(F)F)c(OC)c([N+](=O)[O-])n1. The van der Waals surface area contributed by atoms with Crippen LogP contribution in [0.2, 0.25) is 0 Å². The third-order valence-corrected chi connectivity index (χ3v) is 2.20. The van der Waals surface area contributed by atoms with Gasteiger partial charge in [0.2, 0.25) is 5.75 Å². The van der Waals surface area contributed by atoms with E-state index in [2.05, 4.69) is 14.5 Å². The van der Waals surface area contributed by atoms with Gasteiger partial charge < -0.3 is 19.6 Å². The Morgan fingerprint density at radius 2 is 2.16 bits per heavy atom. The lowest BCUT2D eigenvalue weighted by atomic mass is 10.1. The molecule has 1 aromatic heterocycles. The number of nitro groups is 1. The van der Waals surface area contributed by atoms with E-state index in [4.69, 9.17) is 0 Å². The summed E-state index contributed by atoms with van der Waals surface area (Å²) >= 11 is 0. The van der Waals surface area contributed by atoms with Gasteiger partial charge in [0.05, 0.1) is 19.8 Å². The second-order valence-electron chi connectivity index (χ2n) is 3.37. The summed E-state index contributed by atoms with van der Waals surface area (Å²) in [5, 5.41) is 10.8. The van der Waals surface area contributed by atoms with E-state index >= 15 is 0 Å². The fourth-order valence-electron chi connectivity index (χ4n) is 1.40. The number of carbonyl (C=O) groups excluding carboxylic acids is 1. The van der Waals surface area contributed by atoms with Crippen molar-refractivity contribution in [2.45, 2.75) is 12.8 Å². The normalized spacial score (nSPS) is 10.4. The first kappa shape index (κ1) is 14.7. The number of halogens is 2. The molecule has 0 aromatic carbocycles. The third kappa shape index (κ3) is 3.33. The van der Waals surface area contributed by atoms with Crippen LogP contribution in [-0.4, -0.2) is 30.1 Å². The molecule has 0 fully saturated rings. The maximum Gasteiger partial charge on any atom is 0.406 e. The number of hydrogen-bond donors (Lipinski definition) is 0. The molecule has 1 aromatic rings. The molecule has 0 saturated carbocycles. The number of nitrogens with zero attached hydrogens (tertiary/aromatic N) is 2. The number of alkyl halides is 2. The second-order valence-corrected chi connectivity index (χ2v) is 3.37. The molecule has 104 valence electrons. The quantitative estimate of drug-likeness (QED) is 0.461. The number of aromatic nitrogens is 1. The molecule has 7 nitrogen and oxygen atoms in total. The maximum absolute atomic E-state index is 12.8. The number of pyridine rings is 1. The van der Waals surface area contributed by atoms with E-state index in [1.165, 1.54) is 0 Å². The summed E-state index contributed by atoms with van der Waals surface area (Å²) in [6.45, 7) is 0. The Balaban J connectivity index is 3.36. The molecule has 1 heterocycles. The molecule has 0 aliphatic carbocycles. The van der Waals surface area contributed by atoms with Gasteiger partial charge in [-0.3, -0.25) is 4.79 Å². The van der Waals surface area contributed by atoms with Crippen LogP contribution in [-0.2, 0) is 16.0 Å². The van der Waals surface area contributed by atoms with Crippen LogP contribution in [0.5, 0.6) is 5.75 Å². The lowest BCUT2D eigenvalue weighted by molar-refractivity contribution is -0.390. The Morgan fingerprint density at radius 1 is 1.53 bits per heavy atom. The molecule has 0 unspecified atom stereocenters. The smallest absolute Gasteiger partial charge is 0.406 e. The minimum atomic E-state index is -2.99. The Kier molecular flexibility index (Phi) is 4.67. The Bertz CT molecular complexity index is 507. The fraction of sp³-hybridized carbons (Fsp3) is 0.400. The van der Waals surface area contributed by atoms with Gasteiger partial charge in [-0.2, -0.15) is 0 Å². The van der Waals surface area contributed by atoms with E-state index in [1.807, 2.05) is 0 Å². The molecule has 0 radical (unpaired) electrons. The van der Waals surface area contributed by atoms with Crippen LogP contribution >= 0.6 is 0 Å². The number of esters is 1. The number of rotatable bonds is 5. The van der Waals surface area contributed by atoms with Crippen LogP contribution in [0.3, 0.4) is 0 Å². The van der Waals surface area contributed by atoms with Gasteiger partial charge in [-0.15, -0.1) is 0 Å². The van der Waals surface area contributed by atoms with E-state index in [-0.39, 0.29) is 5.69 Å². The molecule has 0 bridgehead atoms. The first-order chi connectivity index (χ1) is 8.90. The zero-order valence-electron chi connectivity index (χ0n) is 10.1. The highest BCUT2D eigenvalue weighted by molar-refractivity contribution is 5.72. The zero-order chi connectivity index (χ0) is 14.6. The van der Waals surface area contributed by atoms with Crippen molar-refractivity contribution in [1.29, 1.82) is 0 Å². The van der Waals surface area contributed by atoms with Gasteiger partial charge in [-0.05, 0) is 16.0 Å². The van der Waals surface area contributed by atoms with Crippen LogP contribution in [0.4, 0.5) is 14.6 Å². The first-order valence-corrected chi connectivity index (χ1v) is 4.97. The number of hydrogen-bond acceptors (Lipinski definition) is 6. The molecule has 19 heavy (non-hydrogen) atoms. The van der Waals surface area contributed by atoms with E-state index in [0.717, 1.165) is 20.3 Å². The molecule has 0 spiro atoms. The van der Waals surface area contributed by atoms with Gasteiger partial charge in [0.1, 0.15) is 6.42 Å². The lowest BCUT2D eigenvalue weighted by Crippen LogP contribution is -2.09. The van der Waals surface area contributed by atoms with E-state index < -0.39 is 40.9 Å². The van der Waals surface area contributed by atoms with Gasteiger partial charge in [-0.25, -0.2) is 8.78 Å². The van der Waals surface area contributed by atoms with Gasteiger partial charge in [-0.1, -0.05) is 0 Å². The van der Waals surface area contributed by atoms with Gasteiger partial charge in [0, 0.05) is 0 Å². The molecule has 0 amide bonds. The average Bonchev–Trinajstić information content (AvgIpc) is 2.37. The molecular weight excluding hydrogens is 266 g/mol. The van der Waals surface area contributed by atoms with Crippen molar-refractivity contribution >= 4 is 11.8 Å². The monoisotopic (exact) mass is 276 g/mol. The van der Waals surface area contributed by atoms with Crippen molar-refractivity contribution in [3.05, 3.63) is 27.4 Å². The zero-order valence-corrected chi connectivity index (χ0v) is 10.1. The van der Waals surface area contributed by atoms with Crippen LogP contribution in [0.15, 0.2) is 6.07 Å². The van der Waals surface area contributed by atoms with Crippen LogP contribution < -0.4 is 4.74 Å². The number of ether oxygens (including phenoxy) is 2. The Hall–Kier alpha value is -2.32. The second kappa shape index (κ2) is 6.03. The minimum absolute atomic E-state index is 0.186. The summed E-state index contributed by atoms with van der Waals surface area (Å²) in [7, 11) is 2.13. The first-order valence-electron chi connectivity index (χ1n) is 4.97. The van der Waals surface area contributed by atoms with Gasteiger partial charge >= 0.3 is 11.8 Å². The predicted octanol–water partition coefficient (Wildman–Crippen LogP) is 1.65. The molecule has 0 aliphatic rings. The fourth-order valence-corrected chi connectivity index (χ4v) is 1.40. The molecular formula is C10H10F2N2O5. The van der Waals surface area contributed by atoms with Crippen molar-refractivity contribution in [3.8, 4) is 5.75 Å². The Morgan fingerprint density at radius 3 is 2.58 bits per heavy atom. The summed E-state index contributed by atoms with van der Waals surface area (Å²) in [4.78, 5) is 24.4. The molecule has 1 rings (SSSR count). The van der Waals surface area contributed by atoms with Crippen LogP contribution in [0, 0.1) is 10.1 Å². The van der Waals surface area contributed by atoms with Crippen molar-refractivity contribution in [3.63, 3.8) is 0 Å². The number of methoxy groups -OCH3 is 2. The van der Waals surface area contributed by atoms with E-state index in [9.17, 15) is 23.7 Å². The van der Waals surface area contributed by atoms with Crippen LogP contribution in [0.25, 0.3) is 0 Å². The summed E-state index contributed by atoms with van der Waals surface area (Å²) in [5.41, 5.74) is -0.877. The number of carbonyl (C=O) groups is 1. The Labute approximate surface area is 106 Å². The standard InChI is InChI=1S/C10H10F2N2O5/c1-18-7(15)4-5-3-6(9(11)12)8(19-2)10(13-5)14(16)17/h3,9H,4H2,1-2H3.